The molecule has 0 amide bonds. The van der Waals surface area contributed by atoms with Gasteiger partial charge in [-0.25, -0.2) is 0 Å². The normalized spacial score (nSPS) is 36.8. The number of fused-ring (bicyclic) bond motifs is 3. The number of hydrogen-bond donors (Lipinski definition) is 1. The van der Waals surface area contributed by atoms with E-state index in [0.717, 1.165) is 63.2 Å². The first-order valence-electron chi connectivity index (χ1n) is 8.04. The summed E-state index contributed by atoms with van der Waals surface area (Å²) >= 11 is 0. The van der Waals surface area contributed by atoms with Gasteiger partial charge in [0.05, 0.1) is 13.2 Å². The fourth-order valence-corrected chi connectivity index (χ4v) is 3.97. The molecule has 0 saturated carbocycles. The number of piperidine rings is 3. The zero-order chi connectivity index (χ0) is 14.3. The third-order valence-electron chi connectivity index (χ3n) is 5.24. The van der Waals surface area contributed by atoms with Gasteiger partial charge in [-0.3, -0.25) is 0 Å². The van der Waals surface area contributed by atoms with Gasteiger partial charge in [0.25, 0.3) is 0 Å². The highest BCUT2D eigenvalue weighted by molar-refractivity contribution is 5.30. The van der Waals surface area contributed by atoms with Gasteiger partial charge in [-0.05, 0) is 43.8 Å². The third-order valence-corrected chi connectivity index (χ3v) is 5.24. The lowest BCUT2D eigenvalue weighted by Gasteiger charge is -2.50. The van der Waals surface area contributed by atoms with Crippen molar-refractivity contribution in [1.82, 2.24) is 4.90 Å². The number of hydrogen-bond acceptors (Lipinski definition) is 4. The largest absolute Gasteiger partial charge is 0.384 e. The Balaban J connectivity index is 1.55. The monoisotopic (exact) mass is 289 g/mol. The minimum atomic E-state index is -0.677. The Hall–Kier alpha value is -0.940. The van der Waals surface area contributed by atoms with E-state index in [-0.39, 0.29) is 6.29 Å². The Morgan fingerprint density at radius 3 is 2.29 bits per heavy atom. The van der Waals surface area contributed by atoms with Crippen LogP contribution in [0.25, 0.3) is 0 Å². The van der Waals surface area contributed by atoms with Crippen LogP contribution in [0.4, 0.5) is 0 Å². The second-order valence-corrected chi connectivity index (χ2v) is 6.52. The van der Waals surface area contributed by atoms with Crippen LogP contribution >= 0.6 is 0 Å². The van der Waals surface area contributed by atoms with E-state index in [2.05, 4.69) is 17.0 Å². The number of rotatable bonds is 2. The first-order chi connectivity index (χ1) is 10.3. The zero-order valence-electron chi connectivity index (χ0n) is 12.3. The molecule has 1 aromatic carbocycles. The van der Waals surface area contributed by atoms with E-state index < -0.39 is 5.60 Å². The average Bonchev–Trinajstić information content (AvgIpc) is 2.57. The average molecular weight is 289 g/mol. The first-order valence-corrected chi connectivity index (χ1v) is 8.04. The number of benzene rings is 1. The van der Waals surface area contributed by atoms with E-state index in [4.69, 9.17) is 9.47 Å². The molecule has 4 nitrogen and oxygen atoms in total. The van der Waals surface area contributed by atoms with E-state index in [9.17, 15) is 5.11 Å². The van der Waals surface area contributed by atoms with Crippen molar-refractivity contribution >= 4 is 0 Å². The summed E-state index contributed by atoms with van der Waals surface area (Å²) in [4.78, 5) is 2.38. The third kappa shape index (κ3) is 2.40. The van der Waals surface area contributed by atoms with Crippen molar-refractivity contribution in [2.45, 2.75) is 31.2 Å². The number of nitrogens with zero attached hydrogens (tertiary/aromatic N) is 1. The molecule has 5 rings (SSSR count). The summed E-state index contributed by atoms with van der Waals surface area (Å²) in [6.45, 7) is 4.55. The molecule has 1 N–H and O–H groups in total. The van der Waals surface area contributed by atoms with Crippen LogP contribution in [0.5, 0.6) is 0 Å². The predicted molar refractivity (Wildman–Crippen MR) is 78.8 cm³/mol. The second-order valence-electron chi connectivity index (χ2n) is 6.52. The quantitative estimate of drug-likeness (QED) is 0.904. The fourth-order valence-electron chi connectivity index (χ4n) is 3.97. The summed E-state index contributed by atoms with van der Waals surface area (Å²) in [5, 5.41) is 11.1. The van der Waals surface area contributed by atoms with Crippen LogP contribution in [0.2, 0.25) is 0 Å². The van der Waals surface area contributed by atoms with Crippen LogP contribution in [0.3, 0.4) is 0 Å². The number of ether oxygens (including phenoxy) is 2. The molecule has 114 valence electrons. The minimum Gasteiger partial charge on any atom is -0.384 e. The van der Waals surface area contributed by atoms with Crippen molar-refractivity contribution in [3.05, 3.63) is 35.4 Å². The van der Waals surface area contributed by atoms with Gasteiger partial charge in [0.2, 0.25) is 0 Å². The summed E-state index contributed by atoms with van der Waals surface area (Å²) in [7, 11) is 0. The molecule has 4 saturated heterocycles. The minimum absolute atomic E-state index is 0.242. The number of aliphatic hydroxyl groups is 1. The highest BCUT2D eigenvalue weighted by atomic mass is 16.7. The molecule has 2 bridgehead atoms. The van der Waals surface area contributed by atoms with E-state index in [1.807, 2.05) is 12.1 Å². The van der Waals surface area contributed by atoms with Gasteiger partial charge in [0, 0.05) is 12.1 Å². The van der Waals surface area contributed by atoms with Gasteiger partial charge < -0.3 is 19.5 Å². The molecule has 0 aromatic heterocycles. The molecule has 4 aliphatic rings. The highest BCUT2D eigenvalue weighted by Gasteiger charge is 2.46. The lowest BCUT2D eigenvalue weighted by atomic mass is 9.71. The van der Waals surface area contributed by atoms with Crippen molar-refractivity contribution in [2.75, 3.05) is 32.8 Å². The molecular formula is C17H23NO3. The van der Waals surface area contributed by atoms with E-state index in [0.29, 0.717) is 5.92 Å². The summed E-state index contributed by atoms with van der Waals surface area (Å²) in [5.74, 6) is 0.399. The summed E-state index contributed by atoms with van der Waals surface area (Å²) in [5.41, 5.74) is 1.41. The maximum Gasteiger partial charge on any atom is 0.183 e. The molecule has 1 atom stereocenters. The standard InChI is InChI=1S/C17H23NO3/c19-17(12-18-8-6-15(17)7-9-18)14-4-2-13(3-5-14)16-20-10-1-11-21-16/h2-5,15-16,19H,1,6-12H2/t17-/m0/s1. The molecule has 1 aromatic rings. The molecule has 21 heavy (non-hydrogen) atoms. The Bertz CT molecular complexity index is 489. The summed E-state index contributed by atoms with van der Waals surface area (Å²) in [6, 6.07) is 8.19. The van der Waals surface area contributed by atoms with Crippen LogP contribution in [-0.4, -0.2) is 42.9 Å². The Kier molecular flexibility index (Phi) is 3.50. The SMILES string of the molecule is O[C@]1(c2ccc(C3OCCCO3)cc2)CN2CCC1CC2. The van der Waals surface area contributed by atoms with Crippen molar-refractivity contribution < 1.29 is 14.6 Å². The lowest BCUT2D eigenvalue weighted by Crippen LogP contribution is -2.57. The first kappa shape index (κ1) is 13.7. The maximum atomic E-state index is 11.1. The maximum absolute atomic E-state index is 11.1. The van der Waals surface area contributed by atoms with Gasteiger partial charge in [-0.15, -0.1) is 0 Å². The van der Waals surface area contributed by atoms with E-state index in [1.165, 1.54) is 0 Å². The van der Waals surface area contributed by atoms with Crippen LogP contribution in [0.1, 0.15) is 36.7 Å². The molecule has 4 aliphatic heterocycles. The molecule has 0 aliphatic carbocycles. The van der Waals surface area contributed by atoms with Crippen molar-refractivity contribution in [3.8, 4) is 0 Å². The highest BCUT2D eigenvalue weighted by Crippen LogP contribution is 2.42. The molecule has 4 heterocycles. The Morgan fingerprint density at radius 2 is 1.71 bits per heavy atom. The van der Waals surface area contributed by atoms with Crippen LogP contribution < -0.4 is 0 Å². The lowest BCUT2D eigenvalue weighted by molar-refractivity contribution is -0.183. The van der Waals surface area contributed by atoms with E-state index in [1.54, 1.807) is 0 Å². The van der Waals surface area contributed by atoms with Crippen molar-refractivity contribution in [3.63, 3.8) is 0 Å². The van der Waals surface area contributed by atoms with Crippen LogP contribution in [-0.2, 0) is 15.1 Å². The van der Waals surface area contributed by atoms with Gasteiger partial charge in [0.15, 0.2) is 6.29 Å². The molecule has 0 radical (unpaired) electrons. The van der Waals surface area contributed by atoms with Crippen molar-refractivity contribution in [1.29, 1.82) is 0 Å². The smallest absolute Gasteiger partial charge is 0.183 e. The van der Waals surface area contributed by atoms with E-state index >= 15 is 0 Å². The second kappa shape index (κ2) is 5.36. The molecule has 0 unspecified atom stereocenters. The Labute approximate surface area is 125 Å². The summed E-state index contributed by atoms with van der Waals surface area (Å²) < 4.78 is 11.3. The molecule has 4 heteroatoms. The predicted octanol–water partition coefficient (Wildman–Crippen LogP) is 2.04. The summed E-state index contributed by atoms with van der Waals surface area (Å²) in [6.07, 6.45) is 2.93. The molecule has 4 fully saturated rings. The van der Waals surface area contributed by atoms with Gasteiger partial charge in [0.1, 0.15) is 5.60 Å². The van der Waals surface area contributed by atoms with Crippen molar-refractivity contribution in [2.24, 2.45) is 5.92 Å². The topological polar surface area (TPSA) is 41.9 Å². The Morgan fingerprint density at radius 1 is 1.05 bits per heavy atom. The zero-order valence-corrected chi connectivity index (χ0v) is 12.3. The molecule has 0 spiro atoms. The molecular weight excluding hydrogens is 266 g/mol. The van der Waals surface area contributed by atoms with Crippen LogP contribution in [0.15, 0.2) is 24.3 Å². The van der Waals surface area contributed by atoms with Gasteiger partial charge in [-0.1, -0.05) is 24.3 Å². The van der Waals surface area contributed by atoms with Gasteiger partial charge >= 0.3 is 0 Å². The van der Waals surface area contributed by atoms with Gasteiger partial charge in [-0.2, -0.15) is 0 Å². The fraction of sp³-hybridized carbons (Fsp3) is 0.647. The van der Waals surface area contributed by atoms with Crippen LogP contribution in [0, 0.1) is 5.92 Å².